The third-order valence-corrected chi connectivity index (χ3v) is 3.13. The normalized spacial score (nSPS) is 20.0. The van der Waals surface area contributed by atoms with Crippen LogP contribution in [0, 0.1) is 5.92 Å². The summed E-state index contributed by atoms with van der Waals surface area (Å²) in [5.41, 5.74) is 1.92. The van der Waals surface area contributed by atoms with Crippen LogP contribution in [0.25, 0.3) is 0 Å². The van der Waals surface area contributed by atoms with Crippen molar-refractivity contribution in [2.24, 2.45) is 5.92 Å². The maximum absolute atomic E-state index is 11.6. The summed E-state index contributed by atoms with van der Waals surface area (Å²) in [7, 11) is 0. The zero-order valence-corrected chi connectivity index (χ0v) is 9.67. The van der Waals surface area contributed by atoms with Crippen LogP contribution >= 0.6 is 0 Å². The summed E-state index contributed by atoms with van der Waals surface area (Å²) < 4.78 is 0. The van der Waals surface area contributed by atoms with E-state index in [0.717, 1.165) is 11.1 Å². The van der Waals surface area contributed by atoms with Gasteiger partial charge in [-0.2, -0.15) is 0 Å². The fraction of sp³-hybridized carbons (Fsp3) is 0.462. The van der Waals surface area contributed by atoms with E-state index in [1.165, 1.54) is 0 Å². The van der Waals surface area contributed by atoms with Gasteiger partial charge in [-0.15, -0.1) is 0 Å². The summed E-state index contributed by atoms with van der Waals surface area (Å²) in [6.45, 7) is 1.33. The number of amides is 1. The second-order valence-electron chi connectivity index (χ2n) is 4.50. The molecule has 92 valence electrons. The molecule has 1 heterocycles. The lowest BCUT2D eigenvalue weighted by molar-refractivity contribution is -0.128. The highest BCUT2D eigenvalue weighted by atomic mass is 16.3. The summed E-state index contributed by atoms with van der Waals surface area (Å²) >= 11 is 0. The second-order valence-corrected chi connectivity index (χ2v) is 4.50. The van der Waals surface area contributed by atoms with Gasteiger partial charge in [-0.1, -0.05) is 24.3 Å². The quantitative estimate of drug-likeness (QED) is 0.800. The number of carbonyl (C=O) groups excluding carboxylic acids is 1. The number of likely N-dealkylation sites (tertiary alicyclic amines) is 1. The van der Waals surface area contributed by atoms with Crippen LogP contribution in [0.4, 0.5) is 0 Å². The Morgan fingerprint density at radius 3 is 2.35 bits per heavy atom. The Bertz CT molecular complexity index is 388. The monoisotopic (exact) mass is 235 g/mol. The number of nitrogens with zero attached hydrogens (tertiary/aromatic N) is 1. The number of hydrogen-bond donors (Lipinski definition) is 2. The first-order chi connectivity index (χ1) is 8.22. The van der Waals surface area contributed by atoms with Crippen molar-refractivity contribution in [3.8, 4) is 0 Å². The van der Waals surface area contributed by atoms with Gasteiger partial charge in [-0.05, 0) is 11.1 Å². The van der Waals surface area contributed by atoms with Gasteiger partial charge < -0.3 is 15.1 Å². The smallest absolute Gasteiger partial charge is 0.223 e. The van der Waals surface area contributed by atoms with E-state index in [0.29, 0.717) is 19.5 Å². The van der Waals surface area contributed by atoms with Crippen LogP contribution < -0.4 is 0 Å². The largest absolute Gasteiger partial charge is 0.396 e. The van der Waals surface area contributed by atoms with Crippen LogP contribution in [0.2, 0.25) is 0 Å². The van der Waals surface area contributed by atoms with E-state index < -0.39 is 0 Å². The minimum atomic E-state index is 0.0372. The summed E-state index contributed by atoms with van der Waals surface area (Å²) in [5, 5.41) is 18.0. The first-order valence-electron chi connectivity index (χ1n) is 5.80. The molecule has 1 unspecified atom stereocenters. The molecular weight excluding hydrogens is 218 g/mol. The van der Waals surface area contributed by atoms with Crippen molar-refractivity contribution in [1.29, 1.82) is 0 Å². The van der Waals surface area contributed by atoms with Gasteiger partial charge >= 0.3 is 0 Å². The molecule has 1 saturated heterocycles. The molecule has 0 saturated carbocycles. The number of carbonyl (C=O) groups is 1. The lowest BCUT2D eigenvalue weighted by atomic mass is 10.1. The van der Waals surface area contributed by atoms with E-state index in [9.17, 15) is 4.79 Å². The number of rotatable bonds is 4. The molecule has 1 fully saturated rings. The van der Waals surface area contributed by atoms with Crippen molar-refractivity contribution >= 4 is 5.91 Å². The SMILES string of the molecule is O=C1CC(CO)CN1Cc1ccc(CO)cc1. The van der Waals surface area contributed by atoms with E-state index in [1.807, 2.05) is 24.3 Å². The Hall–Kier alpha value is -1.39. The van der Waals surface area contributed by atoms with E-state index in [-0.39, 0.29) is 25.0 Å². The van der Waals surface area contributed by atoms with Crippen molar-refractivity contribution in [3.05, 3.63) is 35.4 Å². The maximum atomic E-state index is 11.6. The predicted molar refractivity (Wildman–Crippen MR) is 63.0 cm³/mol. The van der Waals surface area contributed by atoms with Gasteiger partial charge in [0.2, 0.25) is 5.91 Å². The topological polar surface area (TPSA) is 60.8 Å². The fourth-order valence-electron chi connectivity index (χ4n) is 2.10. The predicted octanol–water partition coefficient (Wildman–Crippen LogP) is 0.520. The number of aliphatic hydroxyl groups excluding tert-OH is 2. The molecule has 1 amide bonds. The van der Waals surface area contributed by atoms with Gasteiger partial charge in [0, 0.05) is 32.0 Å². The standard InChI is InChI=1S/C13H17NO3/c15-8-11-3-1-10(2-4-11)6-14-7-12(9-16)5-13(14)17/h1-4,12,15-16H,5-9H2. The van der Waals surface area contributed by atoms with Gasteiger partial charge in [-0.25, -0.2) is 0 Å². The van der Waals surface area contributed by atoms with E-state index in [4.69, 9.17) is 10.2 Å². The summed E-state index contributed by atoms with van der Waals surface area (Å²) in [6.07, 6.45) is 0.450. The molecule has 0 bridgehead atoms. The van der Waals surface area contributed by atoms with Crippen molar-refractivity contribution < 1.29 is 15.0 Å². The molecule has 17 heavy (non-hydrogen) atoms. The minimum absolute atomic E-state index is 0.0372. The third-order valence-electron chi connectivity index (χ3n) is 3.13. The molecule has 1 aromatic carbocycles. The molecule has 1 aliphatic heterocycles. The van der Waals surface area contributed by atoms with Crippen LogP contribution in [-0.2, 0) is 17.9 Å². The van der Waals surface area contributed by atoms with Crippen molar-refractivity contribution in [2.45, 2.75) is 19.6 Å². The Kier molecular flexibility index (Phi) is 3.76. The highest BCUT2D eigenvalue weighted by Crippen LogP contribution is 2.19. The molecule has 0 spiro atoms. The maximum Gasteiger partial charge on any atom is 0.223 e. The molecule has 4 nitrogen and oxygen atoms in total. The Labute approximate surface area is 100 Å². The zero-order valence-electron chi connectivity index (χ0n) is 9.67. The molecule has 0 aromatic heterocycles. The summed E-state index contributed by atoms with van der Waals surface area (Å²) in [5.74, 6) is 0.189. The van der Waals surface area contributed by atoms with Crippen LogP contribution in [-0.4, -0.2) is 34.2 Å². The van der Waals surface area contributed by atoms with Gasteiger partial charge in [-0.3, -0.25) is 4.79 Å². The first kappa shape index (κ1) is 12.1. The Morgan fingerprint density at radius 2 is 1.82 bits per heavy atom. The Balaban J connectivity index is 1.98. The highest BCUT2D eigenvalue weighted by molar-refractivity contribution is 5.78. The zero-order chi connectivity index (χ0) is 12.3. The summed E-state index contributed by atoms with van der Waals surface area (Å²) in [4.78, 5) is 13.4. The molecule has 1 aliphatic rings. The average Bonchev–Trinajstić information content (AvgIpc) is 2.71. The van der Waals surface area contributed by atoms with Crippen LogP contribution in [0.15, 0.2) is 24.3 Å². The fourth-order valence-corrected chi connectivity index (χ4v) is 2.10. The molecule has 4 heteroatoms. The third kappa shape index (κ3) is 2.84. The lowest BCUT2D eigenvalue weighted by Gasteiger charge is -2.16. The van der Waals surface area contributed by atoms with Crippen LogP contribution in [0.3, 0.4) is 0 Å². The molecular formula is C13H17NO3. The highest BCUT2D eigenvalue weighted by Gasteiger charge is 2.28. The van der Waals surface area contributed by atoms with E-state index in [2.05, 4.69) is 0 Å². The van der Waals surface area contributed by atoms with E-state index >= 15 is 0 Å². The van der Waals surface area contributed by atoms with Gasteiger partial charge in [0.05, 0.1) is 6.61 Å². The molecule has 1 atom stereocenters. The molecule has 1 aromatic rings. The van der Waals surface area contributed by atoms with Crippen molar-refractivity contribution in [1.82, 2.24) is 4.90 Å². The van der Waals surface area contributed by atoms with Crippen molar-refractivity contribution in [2.75, 3.05) is 13.2 Å². The first-order valence-corrected chi connectivity index (χ1v) is 5.80. The van der Waals surface area contributed by atoms with Crippen LogP contribution in [0.5, 0.6) is 0 Å². The number of benzene rings is 1. The number of hydrogen-bond acceptors (Lipinski definition) is 3. The van der Waals surface area contributed by atoms with Crippen LogP contribution in [0.1, 0.15) is 17.5 Å². The molecule has 0 aliphatic carbocycles. The average molecular weight is 235 g/mol. The molecule has 2 rings (SSSR count). The number of aliphatic hydroxyl groups is 2. The minimum Gasteiger partial charge on any atom is -0.396 e. The van der Waals surface area contributed by atoms with Gasteiger partial charge in [0.1, 0.15) is 0 Å². The lowest BCUT2D eigenvalue weighted by Crippen LogP contribution is -2.24. The summed E-state index contributed by atoms with van der Waals surface area (Å²) in [6, 6.07) is 7.56. The molecule has 2 N–H and O–H groups in total. The van der Waals surface area contributed by atoms with Crippen molar-refractivity contribution in [3.63, 3.8) is 0 Å². The van der Waals surface area contributed by atoms with Gasteiger partial charge in [0.25, 0.3) is 0 Å². The van der Waals surface area contributed by atoms with Gasteiger partial charge in [0.15, 0.2) is 0 Å². The molecule has 0 radical (unpaired) electrons. The second kappa shape index (κ2) is 5.29. The van der Waals surface area contributed by atoms with E-state index in [1.54, 1.807) is 4.90 Å². The Morgan fingerprint density at radius 1 is 1.18 bits per heavy atom.